The molecule has 1 saturated heterocycles. The van der Waals surface area contributed by atoms with Crippen LogP contribution in [0.1, 0.15) is 49.5 Å². The molecule has 0 aliphatic carbocycles. The van der Waals surface area contributed by atoms with E-state index in [0.717, 1.165) is 19.4 Å². The minimum atomic E-state index is -0.0511. The summed E-state index contributed by atoms with van der Waals surface area (Å²) in [6, 6.07) is 7.87. The highest BCUT2D eigenvalue weighted by atomic mass is 35.5. The molecule has 1 aliphatic rings. The van der Waals surface area contributed by atoms with Crippen LogP contribution in [-0.4, -0.2) is 29.9 Å². The zero-order chi connectivity index (χ0) is 19.3. The molecule has 1 aliphatic heterocycles. The third kappa shape index (κ3) is 5.70. The number of nitrogens with zero attached hydrogens (tertiary/aromatic N) is 1. The Morgan fingerprint density at radius 3 is 2.46 bits per heavy atom. The monoisotopic (exact) mass is 376 g/mol. The molecule has 0 aromatic heterocycles. The quantitative estimate of drug-likeness (QED) is 0.557. The smallest absolute Gasteiger partial charge is 0.251 e. The second-order valence-corrected chi connectivity index (χ2v) is 8.17. The van der Waals surface area contributed by atoms with Gasteiger partial charge in [0.2, 0.25) is 0 Å². The maximum Gasteiger partial charge on any atom is 0.251 e. The fourth-order valence-corrected chi connectivity index (χ4v) is 3.05. The van der Waals surface area contributed by atoms with Gasteiger partial charge in [-0.15, -0.1) is 0 Å². The zero-order valence-corrected chi connectivity index (χ0v) is 16.5. The van der Waals surface area contributed by atoms with E-state index in [1.807, 2.05) is 29.2 Å². The van der Waals surface area contributed by atoms with Gasteiger partial charge < -0.3 is 21.7 Å². The number of likely N-dealkylation sites (tertiary alicyclic amines) is 1. The summed E-state index contributed by atoms with van der Waals surface area (Å²) in [6.45, 7) is 7.99. The van der Waals surface area contributed by atoms with Crippen LogP contribution in [0.15, 0.2) is 47.4 Å². The third-order valence-corrected chi connectivity index (χ3v) is 4.67. The van der Waals surface area contributed by atoms with E-state index in [9.17, 15) is 4.79 Å². The minimum absolute atomic E-state index is 0.0511. The Kier molecular flexibility index (Phi) is 6.59. The molecule has 142 valence electrons. The number of amides is 1. The van der Waals surface area contributed by atoms with Crippen molar-refractivity contribution in [3.63, 3.8) is 0 Å². The first-order valence-electron chi connectivity index (χ1n) is 8.91. The molecule has 0 radical (unpaired) electrons. The van der Waals surface area contributed by atoms with Crippen LogP contribution < -0.4 is 16.8 Å². The number of allylic oxidation sites excluding steroid dienone is 2. The SMILES string of the molecule is CC(C)(C)c1ccc(C(=O)NC2CCCN(/C(N)=C/C=C(\N)Cl)C2)cc1. The molecule has 0 bridgehead atoms. The Labute approximate surface area is 161 Å². The van der Waals surface area contributed by atoms with Gasteiger partial charge in [-0.1, -0.05) is 44.5 Å². The Hall–Kier alpha value is -2.14. The number of nitrogens with two attached hydrogens (primary N) is 2. The lowest BCUT2D eigenvalue weighted by molar-refractivity contribution is 0.0913. The molecule has 5 N–H and O–H groups in total. The predicted octanol–water partition coefficient (Wildman–Crippen LogP) is 3.02. The largest absolute Gasteiger partial charge is 0.389 e. The maximum atomic E-state index is 12.5. The molecular formula is C20H29ClN4O. The first-order chi connectivity index (χ1) is 12.2. The summed E-state index contributed by atoms with van der Waals surface area (Å²) in [4.78, 5) is 14.6. The average molecular weight is 377 g/mol. The molecule has 1 aromatic carbocycles. The van der Waals surface area contributed by atoms with Crippen molar-refractivity contribution in [1.29, 1.82) is 0 Å². The van der Waals surface area contributed by atoms with Crippen molar-refractivity contribution in [2.75, 3.05) is 13.1 Å². The number of carbonyl (C=O) groups excluding carboxylic acids is 1. The van der Waals surface area contributed by atoms with Crippen LogP contribution in [0.2, 0.25) is 0 Å². The standard InChI is InChI=1S/C20H29ClN4O/c1-20(2,3)15-8-6-14(7-9-15)19(26)24-16-5-4-12-25(13-16)18(23)11-10-17(21)22/h6-11,16H,4-5,12-13,22-23H2,1-3H3,(H,24,26)/b17-10-,18-11+. The Morgan fingerprint density at radius 2 is 1.88 bits per heavy atom. The van der Waals surface area contributed by atoms with Crippen molar-refractivity contribution < 1.29 is 4.79 Å². The number of nitrogens with one attached hydrogen (secondary N) is 1. The third-order valence-electron chi connectivity index (χ3n) is 4.55. The molecule has 1 aromatic rings. The van der Waals surface area contributed by atoms with Crippen LogP contribution in [0.5, 0.6) is 0 Å². The van der Waals surface area contributed by atoms with Gasteiger partial charge >= 0.3 is 0 Å². The highest BCUT2D eigenvalue weighted by molar-refractivity contribution is 6.29. The molecule has 1 unspecified atom stereocenters. The fraction of sp³-hybridized carbons (Fsp3) is 0.450. The number of hydrogen-bond donors (Lipinski definition) is 3. The normalized spacial score (nSPS) is 19.4. The van der Waals surface area contributed by atoms with Crippen LogP contribution >= 0.6 is 11.6 Å². The Morgan fingerprint density at radius 1 is 1.23 bits per heavy atom. The molecule has 1 amide bonds. The van der Waals surface area contributed by atoms with Crippen molar-refractivity contribution in [3.05, 3.63) is 58.5 Å². The van der Waals surface area contributed by atoms with E-state index in [-0.39, 0.29) is 22.5 Å². The first kappa shape index (κ1) is 20.2. The lowest BCUT2D eigenvalue weighted by Gasteiger charge is -2.34. The second-order valence-electron chi connectivity index (χ2n) is 7.73. The topological polar surface area (TPSA) is 84.4 Å². The van der Waals surface area contributed by atoms with Crippen LogP contribution in [-0.2, 0) is 5.41 Å². The van der Waals surface area contributed by atoms with E-state index < -0.39 is 0 Å². The number of piperidine rings is 1. The van der Waals surface area contributed by atoms with E-state index >= 15 is 0 Å². The minimum Gasteiger partial charge on any atom is -0.389 e. The van der Waals surface area contributed by atoms with Crippen LogP contribution in [0.25, 0.3) is 0 Å². The van der Waals surface area contributed by atoms with Gasteiger partial charge in [0.05, 0.1) is 11.0 Å². The summed E-state index contributed by atoms with van der Waals surface area (Å²) in [5.41, 5.74) is 13.5. The molecule has 26 heavy (non-hydrogen) atoms. The summed E-state index contributed by atoms with van der Waals surface area (Å²) in [5, 5.41) is 3.30. The Bertz CT molecular complexity index is 685. The number of carbonyl (C=O) groups is 1. The predicted molar refractivity (Wildman–Crippen MR) is 108 cm³/mol. The van der Waals surface area contributed by atoms with Gasteiger partial charge in [0.15, 0.2) is 0 Å². The number of rotatable bonds is 4. The Balaban J connectivity index is 1.98. The summed E-state index contributed by atoms with van der Waals surface area (Å²) in [5.74, 6) is 0.548. The summed E-state index contributed by atoms with van der Waals surface area (Å²) in [7, 11) is 0. The van der Waals surface area contributed by atoms with E-state index in [4.69, 9.17) is 23.1 Å². The molecule has 5 nitrogen and oxygen atoms in total. The number of benzene rings is 1. The first-order valence-corrected chi connectivity index (χ1v) is 9.29. The fourth-order valence-electron chi connectivity index (χ4n) is 2.99. The molecule has 2 rings (SSSR count). The van der Waals surface area contributed by atoms with Gasteiger partial charge in [-0.3, -0.25) is 4.79 Å². The average Bonchev–Trinajstić information content (AvgIpc) is 2.59. The molecule has 6 heteroatoms. The van der Waals surface area contributed by atoms with Crippen LogP contribution in [0.3, 0.4) is 0 Å². The van der Waals surface area contributed by atoms with E-state index in [2.05, 4.69) is 26.1 Å². The molecule has 1 fully saturated rings. The van der Waals surface area contributed by atoms with Crippen molar-refractivity contribution in [3.8, 4) is 0 Å². The van der Waals surface area contributed by atoms with Gasteiger partial charge in [0.25, 0.3) is 5.91 Å². The van der Waals surface area contributed by atoms with E-state index in [1.165, 1.54) is 5.56 Å². The van der Waals surface area contributed by atoms with Crippen LogP contribution in [0.4, 0.5) is 0 Å². The van der Waals surface area contributed by atoms with Crippen LogP contribution in [0, 0.1) is 0 Å². The number of hydrogen-bond acceptors (Lipinski definition) is 4. The van der Waals surface area contributed by atoms with Crippen molar-refractivity contribution in [2.45, 2.75) is 45.1 Å². The van der Waals surface area contributed by atoms with E-state index in [1.54, 1.807) is 12.2 Å². The van der Waals surface area contributed by atoms with Gasteiger partial charge in [0.1, 0.15) is 0 Å². The van der Waals surface area contributed by atoms with Gasteiger partial charge in [-0.25, -0.2) is 0 Å². The van der Waals surface area contributed by atoms with Crippen molar-refractivity contribution in [1.82, 2.24) is 10.2 Å². The maximum absolute atomic E-state index is 12.5. The van der Waals surface area contributed by atoms with E-state index in [0.29, 0.717) is 17.9 Å². The highest BCUT2D eigenvalue weighted by Crippen LogP contribution is 2.22. The molecule has 0 saturated carbocycles. The lowest BCUT2D eigenvalue weighted by Crippen LogP contribution is -2.48. The molecular weight excluding hydrogens is 348 g/mol. The van der Waals surface area contributed by atoms with Crippen molar-refractivity contribution >= 4 is 17.5 Å². The molecule has 0 spiro atoms. The van der Waals surface area contributed by atoms with Gasteiger partial charge in [0, 0.05) is 24.7 Å². The summed E-state index contributed by atoms with van der Waals surface area (Å²) in [6.07, 6.45) is 5.15. The summed E-state index contributed by atoms with van der Waals surface area (Å²) >= 11 is 5.63. The molecule has 1 atom stereocenters. The van der Waals surface area contributed by atoms with Gasteiger partial charge in [-0.05, 0) is 48.1 Å². The zero-order valence-electron chi connectivity index (χ0n) is 15.8. The highest BCUT2D eigenvalue weighted by Gasteiger charge is 2.22. The van der Waals surface area contributed by atoms with Crippen molar-refractivity contribution in [2.24, 2.45) is 11.5 Å². The summed E-state index contributed by atoms with van der Waals surface area (Å²) < 4.78 is 0. The van der Waals surface area contributed by atoms with Gasteiger partial charge in [-0.2, -0.15) is 0 Å². The second kappa shape index (κ2) is 8.49. The lowest BCUT2D eigenvalue weighted by atomic mass is 9.86. The molecule has 1 heterocycles. The number of halogens is 1.